The van der Waals surface area contributed by atoms with E-state index in [1.807, 2.05) is 10.9 Å². The van der Waals surface area contributed by atoms with Gasteiger partial charge in [0.1, 0.15) is 0 Å². The molecule has 3 heterocycles. The lowest BCUT2D eigenvalue weighted by Gasteiger charge is -2.53. The molecule has 7 nitrogen and oxygen atoms in total. The molecule has 1 saturated carbocycles. The molecule has 8 heteroatoms. The van der Waals surface area contributed by atoms with Crippen LogP contribution in [0.3, 0.4) is 0 Å². The molecule has 0 aromatic carbocycles. The number of hydrogen-bond donors (Lipinski definition) is 1. The average molecular weight is 369 g/mol. The summed E-state index contributed by atoms with van der Waals surface area (Å²) in [6.07, 6.45) is 7.73. The second-order valence-corrected chi connectivity index (χ2v) is 9.89. The Kier molecular flexibility index (Phi) is 4.64. The third-order valence-electron chi connectivity index (χ3n) is 5.61. The molecule has 3 aliphatic rings. The third-order valence-corrected chi connectivity index (χ3v) is 7.53. The van der Waals surface area contributed by atoms with Crippen molar-refractivity contribution in [3.63, 3.8) is 0 Å². The van der Waals surface area contributed by atoms with Crippen molar-refractivity contribution in [1.29, 1.82) is 0 Å². The molecule has 1 unspecified atom stereocenters. The fraction of sp³-hybridized carbons (Fsp3) is 0.824. The van der Waals surface area contributed by atoms with Gasteiger partial charge in [-0.15, -0.1) is 0 Å². The highest BCUT2D eigenvalue weighted by atomic mass is 32.2. The molecule has 1 aliphatic carbocycles. The van der Waals surface area contributed by atoms with E-state index in [0.29, 0.717) is 19.1 Å². The minimum absolute atomic E-state index is 0.00732. The second-order valence-electron chi connectivity index (χ2n) is 7.84. The lowest BCUT2D eigenvalue weighted by Crippen LogP contribution is -2.64. The van der Waals surface area contributed by atoms with Crippen molar-refractivity contribution in [2.45, 2.75) is 56.5 Å². The summed E-state index contributed by atoms with van der Waals surface area (Å²) >= 11 is 0. The predicted molar refractivity (Wildman–Crippen MR) is 94.5 cm³/mol. The van der Waals surface area contributed by atoms with Gasteiger partial charge in [-0.1, -0.05) is 0 Å². The van der Waals surface area contributed by atoms with Gasteiger partial charge in [0.25, 0.3) is 0 Å². The van der Waals surface area contributed by atoms with Crippen molar-refractivity contribution in [1.82, 2.24) is 19.4 Å². The largest absolute Gasteiger partial charge is 0.372 e. The molecule has 2 aliphatic heterocycles. The maximum Gasteiger partial charge on any atom is 0.214 e. The van der Waals surface area contributed by atoms with Crippen molar-refractivity contribution in [3.05, 3.63) is 18.0 Å². The molecule has 1 atom stereocenters. The highest BCUT2D eigenvalue weighted by molar-refractivity contribution is 7.90. The second kappa shape index (κ2) is 6.64. The molecule has 0 radical (unpaired) electrons. The van der Waals surface area contributed by atoms with Crippen LogP contribution in [0.4, 0.5) is 0 Å². The quantitative estimate of drug-likeness (QED) is 0.776. The van der Waals surface area contributed by atoms with Gasteiger partial charge < -0.3 is 4.74 Å². The van der Waals surface area contributed by atoms with Crippen LogP contribution < -0.4 is 4.72 Å². The van der Waals surface area contributed by atoms with E-state index in [-0.39, 0.29) is 10.9 Å². The topological polar surface area (TPSA) is 76.5 Å². The Balaban J connectivity index is 1.19. The molecule has 1 aromatic rings. The van der Waals surface area contributed by atoms with Gasteiger partial charge in [-0.25, -0.2) is 13.1 Å². The van der Waals surface area contributed by atoms with Crippen LogP contribution in [-0.4, -0.2) is 60.2 Å². The maximum absolute atomic E-state index is 11.9. The molecule has 140 valence electrons. The number of aryl methyl sites for hydroxylation is 1. The fourth-order valence-corrected chi connectivity index (χ4v) is 5.32. The smallest absolute Gasteiger partial charge is 0.214 e. The van der Waals surface area contributed by atoms with Crippen LogP contribution in [-0.2, 0) is 27.8 Å². The third kappa shape index (κ3) is 3.92. The van der Waals surface area contributed by atoms with Crippen molar-refractivity contribution >= 4 is 10.0 Å². The molecule has 25 heavy (non-hydrogen) atoms. The lowest BCUT2D eigenvalue weighted by atomic mass is 9.83. The number of ether oxygens (including phenoxy) is 1. The van der Waals surface area contributed by atoms with Crippen molar-refractivity contribution in [2.75, 3.05) is 26.2 Å². The van der Waals surface area contributed by atoms with E-state index >= 15 is 0 Å². The number of nitrogens with zero attached hydrogens (tertiary/aromatic N) is 3. The Hall–Kier alpha value is -0.960. The van der Waals surface area contributed by atoms with Gasteiger partial charge in [-0.05, 0) is 38.5 Å². The fourth-order valence-electron chi connectivity index (χ4n) is 3.86. The summed E-state index contributed by atoms with van der Waals surface area (Å²) in [6, 6.07) is 0. The zero-order valence-corrected chi connectivity index (χ0v) is 15.7. The number of hydrogen-bond acceptors (Lipinski definition) is 5. The molecule has 2 saturated heterocycles. The van der Waals surface area contributed by atoms with Crippen LogP contribution in [0.1, 0.15) is 38.2 Å². The lowest BCUT2D eigenvalue weighted by molar-refractivity contribution is -0.181. The van der Waals surface area contributed by atoms with Crippen molar-refractivity contribution < 1.29 is 13.2 Å². The first kappa shape index (κ1) is 17.5. The Bertz CT molecular complexity index is 697. The summed E-state index contributed by atoms with van der Waals surface area (Å²) in [6.45, 7) is 7.03. The van der Waals surface area contributed by atoms with E-state index < -0.39 is 10.0 Å². The monoisotopic (exact) mass is 368 g/mol. The number of nitrogens with one attached hydrogen (secondary N) is 1. The van der Waals surface area contributed by atoms with E-state index in [9.17, 15) is 8.42 Å². The van der Waals surface area contributed by atoms with Gasteiger partial charge in [0.15, 0.2) is 0 Å². The van der Waals surface area contributed by atoms with Gasteiger partial charge in [0.05, 0.1) is 23.7 Å². The molecule has 4 rings (SSSR count). The van der Waals surface area contributed by atoms with Gasteiger partial charge in [0.2, 0.25) is 10.0 Å². The van der Waals surface area contributed by atoms with E-state index in [4.69, 9.17) is 4.74 Å². The summed E-state index contributed by atoms with van der Waals surface area (Å²) in [4.78, 5) is 2.40. The molecular weight excluding hydrogens is 340 g/mol. The molecule has 1 spiro atoms. The summed E-state index contributed by atoms with van der Waals surface area (Å²) in [5, 5.41) is 4.18. The van der Waals surface area contributed by atoms with Gasteiger partial charge in [0, 0.05) is 44.5 Å². The number of sulfonamides is 1. The Morgan fingerprint density at radius 3 is 2.76 bits per heavy atom. The van der Waals surface area contributed by atoms with E-state index in [0.717, 1.165) is 51.9 Å². The molecule has 0 bridgehead atoms. The Morgan fingerprint density at radius 2 is 2.16 bits per heavy atom. The van der Waals surface area contributed by atoms with E-state index in [2.05, 4.69) is 27.8 Å². The highest BCUT2D eigenvalue weighted by Crippen LogP contribution is 2.36. The summed E-state index contributed by atoms with van der Waals surface area (Å²) in [7, 11) is -3.07. The minimum atomic E-state index is -3.07. The van der Waals surface area contributed by atoms with E-state index in [1.165, 1.54) is 5.56 Å². The van der Waals surface area contributed by atoms with Gasteiger partial charge in [-0.3, -0.25) is 9.58 Å². The summed E-state index contributed by atoms with van der Waals surface area (Å²) in [5.41, 5.74) is 1.24. The Labute approximate surface area is 149 Å². The van der Waals surface area contributed by atoms with Crippen LogP contribution in [0.15, 0.2) is 12.4 Å². The molecule has 3 fully saturated rings. The minimum Gasteiger partial charge on any atom is -0.372 e. The van der Waals surface area contributed by atoms with Crippen LogP contribution in [0.2, 0.25) is 0 Å². The van der Waals surface area contributed by atoms with Gasteiger partial charge in [-0.2, -0.15) is 5.10 Å². The van der Waals surface area contributed by atoms with E-state index in [1.54, 1.807) is 0 Å². The first-order valence-corrected chi connectivity index (χ1v) is 10.9. The number of aromatic nitrogens is 2. The molecule has 0 amide bonds. The van der Waals surface area contributed by atoms with Crippen LogP contribution in [0.25, 0.3) is 0 Å². The highest BCUT2D eigenvalue weighted by Gasteiger charge is 2.46. The summed E-state index contributed by atoms with van der Waals surface area (Å²) in [5.74, 6) is 0.302. The number of rotatable bonds is 7. The molecular formula is C17H28N4O3S. The Morgan fingerprint density at radius 1 is 1.36 bits per heavy atom. The number of likely N-dealkylation sites (tertiary alicyclic amines) is 1. The first-order valence-electron chi connectivity index (χ1n) is 9.34. The first-order chi connectivity index (χ1) is 12.0. The van der Waals surface area contributed by atoms with Crippen LogP contribution in [0, 0.1) is 5.92 Å². The average Bonchev–Trinajstić information content (AvgIpc) is 3.34. The van der Waals surface area contributed by atoms with Crippen molar-refractivity contribution in [2.24, 2.45) is 5.92 Å². The van der Waals surface area contributed by atoms with Gasteiger partial charge >= 0.3 is 0 Å². The van der Waals surface area contributed by atoms with Crippen LogP contribution in [0.5, 0.6) is 0 Å². The van der Waals surface area contributed by atoms with Crippen LogP contribution >= 0.6 is 0 Å². The van der Waals surface area contributed by atoms with Crippen molar-refractivity contribution in [3.8, 4) is 0 Å². The normalized spacial score (nSPS) is 26.7. The maximum atomic E-state index is 11.9. The molecule has 1 aromatic heterocycles. The standard InChI is InChI=1S/C17H28N4O3S/c1-2-21-10-15(7-18-21)9-20-12-17(13-20)6-5-14(11-24-17)8-19-25(22,23)16-3-4-16/h7,10,14,16,19H,2-6,8-9,11-13H2,1H3. The zero-order valence-electron chi connectivity index (χ0n) is 14.9. The zero-order chi connectivity index (χ0) is 17.5. The predicted octanol–water partition coefficient (Wildman–Crippen LogP) is 0.966. The summed E-state index contributed by atoms with van der Waals surface area (Å²) < 4.78 is 34.7. The molecule has 1 N–H and O–H groups in total. The SMILES string of the molecule is CCn1cc(CN2CC3(CCC(CNS(=O)(=O)C4CC4)CO3)C2)cn1.